The van der Waals surface area contributed by atoms with Crippen molar-refractivity contribution in [1.29, 1.82) is 0 Å². The first-order chi connectivity index (χ1) is 22.6. The maximum absolute atomic E-state index is 13.0. The summed E-state index contributed by atoms with van der Waals surface area (Å²) in [4.78, 5) is 54.5. The van der Waals surface area contributed by atoms with Crippen molar-refractivity contribution in [2.75, 3.05) is 65.7 Å². The summed E-state index contributed by atoms with van der Waals surface area (Å²) in [6.07, 6.45) is 1.31. The Hall–Kier alpha value is -3.52. The van der Waals surface area contributed by atoms with Crippen molar-refractivity contribution >= 4 is 79.1 Å². The van der Waals surface area contributed by atoms with Gasteiger partial charge in [0.1, 0.15) is 0 Å². The number of amides is 4. The highest BCUT2D eigenvalue weighted by molar-refractivity contribution is 8.93. The topological polar surface area (TPSA) is 117 Å². The van der Waals surface area contributed by atoms with Gasteiger partial charge in [0.05, 0.1) is 26.4 Å². The Morgan fingerprint density at radius 1 is 0.458 bits per heavy atom. The molecule has 4 aromatic rings. The molecule has 2 N–H and O–H groups in total. The van der Waals surface area contributed by atoms with E-state index in [1.54, 1.807) is 24.3 Å². The van der Waals surface area contributed by atoms with Crippen molar-refractivity contribution in [2.24, 2.45) is 0 Å². The van der Waals surface area contributed by atoms with Gasteiger partial charge in [-0.05, 0) is 61.0 Å². The van der Waals surface area contributed by atoms with E-state index in [0.717, 1.165) is 21.5 Å². The fourth-order valence-electron chi connectivity index (χ4n) is 6.15. The molecule has 0 unspecified atom stereocenters. The lowest BCUT2D eigenvalue weighted by Crippen LogP contribution is -2.41. The number of nitrogens with zero attached hydrogens (tertiary/aromatic N) is 2. The van der Waals surface area contributed by atoms with Gasteiger partial charge in [-0.3, -0.25) is 29.0 Å². The Bertz CT molecular complexity index is 1550. The standard InChI is InChI=1S/C36H38N4O6.2BrH/c41-33-27-11-1-7-25-8-2-12-28(31(25)27)34(42)39(33)19-5-15-37-17-21-45-23-24-46-22-18-38-16-6-20-40-35(43)29-13-3-9-26-10-4-14-30(32(26)29)36(40)44;;/h1-4,7-14,37-38H,5-6,15-24H2;2*1H. The van der Waals surface area contributed by atoms with E-state index in [1.807, 2.05) is 48.5 Å². The molecule has 0 bridgehead atoms. The predicted molar refractivity (Wildman–Crippen MR) is 196 cm³/mol. The molecule has 0 aliphatic carbocycles. The van der Waals surface area contributed by atoms with E-state index >= 15 is 0 Å². The second-order valence-corrected chi connectivity index (χ2v) is 11.4. The minimum Gasteiger partial charge on any atom is -0.378 e. The number of imide groups is 2. The molecule has 0 saturated heterocycles. The highest BCUT2D eigenvalue weighted by Crippen LogP contribution is 2.31. The Kier molecular flexibility index (Phi) is 13.8. The molecule has 2 aliphatic heterocycles. The van der Waals surface area contributed by atoms with E-state index in [1.165, 1.54) is 9.80 Å². The van der Waals surface area contributed by atoms with Crippen LogP contribution in [0.25, 0.3) is 21.5 Å². The first-order valence-corrected chi connectivity index (χ1v) is 15.9. The lowest BCUT2D eigenvalue weighted by molar-refractivity contribution is 0.0496. The van der Waals surface area contributed by atoms with E-state index in [0.29, 0.717) is 101 Å². The normalized spacial score (nSPS) is 13.7. The highest BCUT2D eigenvalue weighted by atomic mass is 79.9. The van der Waals surface area contributed by atoms with Gasteiger partial charge in [0.2, 0.25) is 0 Å². The molecule has 48 heavy (non-hydrogen) atoms. The summed E-state index contributed by atoms with van der Waals surface area (Å²) < 4.78 is 11.2. The average Bonchev–Trinajstić information content (AvgIpc) is 3.08. The summed E-state index contributed by atoms with van der Waals surface area (Å²) in [5, 5.41) is 9.89. The average molecular weight is 785 g/mol. The largest absolute Gasteiger partial charge is 0.378 e. The molecule has 2 heterocycles. The van der Waals surface area contributed by atoms with Crippen LogP contribution in [0, 0.1) is 0 Å². The van der Waals surface area contributed by atoms with Crippen LogP contribution in [0.2, 0.25) is 0 Å². The summed E-state index contributed by atoms with van der Waals surface area (Å²) in [5.41, 5.74) is 2.34. The lowest BCUT2D eigenvalue weighted by atomic mass is 9.94. The van der Waals surface area contributed by atoms with E-state index < -0.39 is 0 Å². The van der Waals surface area contributed by atoms with Crippen LogP contribution in [0.1, 0.15) is 54.3 Å². The van der Waals surface area contributed by atoms with Crippen molar-refractivity contribution in [3.63, 3.8) is 0 Å². The Labute approximate surface area is 300 Å². The summed E-state index contributed by atoms with van der Waals surface area (Å²) in [5.74, 6) is -0.933. The second kappa shape index (κ2) is 17.8. The number of ether oxygens (including phenoxy) is 2. The summed E-state index contributed by atoms with van der Waals surface area (Å²) in [6, 6.07) is 22.2. The molecule has 0 radical (unpaired) electrons. The Balaban J connectivity index is 0.00000260. The minimum atomic E-state index is -0.233. The van der Waals surface area contributed by atoms with Gasteiger partial charge in [-0.15, -0.1) is 34.0 Å². The van der Waals surface area contributed by atoms with Gasteiger partial charge in [0.25, 0.3) is 23.6 Å². The van der Waals surface area contributed by atoms with E-state index in [4.69, 9.17) is 9.47 Å². The van der Waals surface area contributed by atoms with Crippen molar-refractivity contribution in [3.8, 4) is 0 Å². The van der Waals surface area contributed by atoms with Crippen LogP contribution in [0.3, 0.4) is 0 Å². The van der Waals surface area contributed by atoms with Gasteiger partial charge in [0.15, 0.2) is 0 Å². The van der Waals surface area contributed by atoms with Gasteiger partial charge in [-0.1, -0.05) is 48.5 Å². The van der Waals surface area contributed by atoms with Crippen LogP contribution in [-0.4, -0.2) is 99.1 Å². The number of nitrogens with one attached hydrogen (secondary N) is 2. The lowest BCUT2D eigenvalue weighted by Gasteiger charge is -2.27. The van der Waals surface area contributed by atoms with Crippen molar-refractivity contribution in [2.45, 2.75) is 12.8 Å². The maximum atomic E-state index is 13.0. The molecule has 12 heteroatoms. The van der Waals surface area contributed by atoms with Crippen LogP contribution in [0.5, 0.6) is 0 Å². The van der Waals surface area contributed by atoms with Crippen LogP contribution < -0.4 is 10.6 Å². The van der Waals surface area contributed by atoms with E-state index in [-0.39, 0.29) is 57.6 Å². The molecule has 0 fully saturated rings. The smallest absolute Gasteiger partial charge is 0.261 e. The fraction of sp³-hybridized carbons (Fsp3) is 0.333. The van der Waals surface area contributed by atoms with Gasteiger partial charge in [-0.2, -0.15) is 0 Å². The molecular weight excluding hydrogens is 744 g/mol. The number of hydrogen-bond donors (Lipinski definition) is 2. The molecule has 2 aliphatic rings. The molecule has 10 nitrogen and oxygen atoms in total. The van der Waals surface area contributed by atoms with Gasteiger partial charge < -0.3 is 20.1 Å². The number of hydrogen-bond acceptors (Lipinski definition) is 8. The number of halogens is 2. The monoisotopic (exact) mass is 782 g/mol. The van der Waals surface area contributed by atoms with E-state index in [2.05, 4.69) is 10.6 Å². The SMILES string of the molecule is Br.Br.O=C1c2cccc3cccc(c23)C(=O)N1CCCNCCOCCOCCNCCCN1C(=O)c2cccc3cccc(c23)C1=O. The van der Waals surface area contributed by atoms with Gasteiger partial charge in [0, 0.05) is 59.2 Å². The van der Waals surface area contributed by atoms with Gasteiger partial charge in [-0.25, -0.2) is 0 Å². The first-order valence-electron chi connectivity index (χ1n) is 15.9. The zero-order valence-electron chi connectivity index (χ0n) is 26.6. The van der Waals surface area contributed by atoms with E-state index in [9.17, 15) is 19.2 Å². The van der Waals surface area contributed by atoms with Crippen LogP contribution in [0.4, 0.5) is 0 Å². The number of carbonyl (C=O) groups is 4. The molecule has 0 spiro atoms. The maximum Gasteiger partial charge on any atom is 0.261 e. The fourth-order valence-corrected chi connectivity index (χ4v) is 6.15. The van der Waals surface area contributed by atoms with Crippen LogP contribution >= 0.6 is 34.0 Å². The van der Waals surface area contributed by atoms with Crippen LogP contribution in [-0.2, 0) is 9.47 Å². The molecule has 0 aromatic heterocycles. The third-order valence-electron chi connectivity index (χ3n) is 8.40. The Morgan fingerprint density at radius 3 is 1.12 bits per heavy atom. The number of carbonyl (C=O) groups excluding carboxylic acids is 4. The minimum absolute atomic E-state index is 0. The van der Waals surface area contributed by atoms with Crippen LogP contribution in [0.15, 0.2) is 72.8 Å². The third-order valence-corrected chi connectivity index (χ3v) is 8.40. The predicted octanol–water partition coefficient (Wildman–Crippen LogP) is 5.03. The molecule has 254 valence electrons. The Morgan fingerprint density at radius 2 is 0.792 bits per heavy atom. The molecule has 0 saturated carbocycles. The first kappa shape index (κ1) is 37.3. The second-order valence-electron chi connectivity index (χ2n) is 11.4. The quantitative estimate of drug-likeness (QED) is 0.113. The third kappa shape index (κ3) is 8.02. The zero-order valence-corrected chi connectivity index (χ0v) is 30.0. The summed E-state index contributed by atoms with van der Waals surface area (Å²) >= 11 is 0. The molecular formula is C36H40Br2N4O6. The molecule has 6 rings (SSSR count). The zero-order chi connectivity index (χ0) is 31.9. The van der Waals surface area contributed by atoms with Crippen molar-refractivity contribution < 1.29 is 28.7 Å². The summed E-state index contributed by atoms with van der Waals surface area (Å²) in [7, 11) is 0. The number of benzene rings is 4. The van der Waals surface area contributed by atoms with Crippen molar-refractivity contribution in [3.05, 3.63) is 95.1 Å². The van der Waals surface area contributed by atoms with Gasteiger partial charge >= 0.3 is 0 Å². The molecule has 4 amide bonds. The number of rotatable bonds is 17. The molecule has 0 atom stereocenters. The van der Waals surface area contributed by atoms with Crippen molar-refractivity contribution in [1.82, 2.24) is 20.4 Å². The summed E-state index contributed by atoms with van der Waals surface area (Å²) in [6.45, 7) is 5.40. The molecule has 4 aromatic carbocycles. The highest BCUT2D eigenvalue weighted by Gasteiger charge is 2.33.